The van der Waals surface area contributed by atoms with E-state index in [1.165, 1.54) is 19.3 Å². The number of carbonyl (C=O) groups excluding carboxylic acids is 2. The van der Waals surface area contributed by atoms with Crippen molar-refractivity contribution in [1.29, 1.82) is 10.8 Å². The Morgan fingerprint density at radius 2 is 1.94 bits per heavy atom. The lowest BCUT2D eigenvalue weighted by atomic mass is 9.90. The molecule has 9 nitrogen and oxygen atoms in total. The Morgan fingerprint density at radius 3 is 2.66 bits per heavy atom. The second kappa shape index (κ2) is 10.6. The summed E-state index contributed by atoms with van der Waals surface area (Å²) in [6.45, 7) is 0.955. The Balaban J connectivity index is 1.45. The van der Waals surface area contributed by atoms with E-state index in [0.717, 1.165) is 0 Å². The summed E-state index contributed by atoms with van der Waals surface area (Å²) in [5, 5.41) is 15.8. The first-order chi connectivity index (χ1) is 15.4. The highest BCUT2D eigenvalue weighted by Gasteiger charge is 2.28. The maximum Gasteiger partial charge on any atom is 0.258 e. The molecule has 3 N–H and O–H groups in total. The van der Waals surface area contributed by atoms with Crippen LogP contribution in [-0.2, 0) is 20.7 Å². The van der Waals surface area contributed by atoms with Crippen LogP contribution in [0.4, 0.5) is 0 Å². The smallest absolute Gasteiger partial charge is 0.258 e. The van der Waals surface area contributed by atoms with Gasteiger partial charge in [-0.15, -0.1) is 0 Å². The molecule has 0 spiro atoms. The number of aromatic nitrogens is 2. The zero-order chi connectivity index (χ0) is 23.1. The highest BCUT2D eigenvalue weighted by atomic mass is 16.5. The van der Waals surface area contributed by atoms with E-state index in [1.54, 1.807) is 23.1 Å². The van der Waals surface area contributed by atoms with E-state index in [-0.39, 0.29) is 34.8 Å². The van der Waals surface area contributed by atoms with E-state index in [4.69, 9.17) is 10.8 Å². The molecule has 0 saturated carbocycles. The van der Waals surface area contributed by atoms with Gasteiger partial charge in [-0.3, -0.25) is 25.2 Å². The van der Waals surface area contributed by atoms with Crippen molar-refractivity contribution in [2.24, 2.45) is 5.92 Å². The van der Waals surface area contributed by atoms with Crippen LogP contribution in [0.2, 0.25) is 0 Å². The maximum atomic E-state index is 12.5. The number of nitrogens with zero attached hydrogens (tertiary/aromatic N) is 2. The molecule has 32 heavy (non-hydrogen) atoms. The van der Waals surface area contributed by atoms with E-state index >= 15 is 0 Å². The number of fused-ring (bicyclic) bond motifs is 1. The van der Waals surface area contributed by atoms with Crippen molar-refractivity contribution in [2.75, 3.05) is 20.2 Å². The first-order valence-electron chi connectivity index (χ1n) is 10.6. The van der Waals surface area contributed by atoms with Gasteiger partial charge in [0.1, 0.15) is 5.82 Å². The first-order valence-corrected chi connectivity index (χ1v) is 10.6. The number of likely N-dealkylation sites (tertiary alicyclic amines) is 1. The Bertz CT molecular complexity index is 1110. The van der Waals surface area contributed by atoms with Gasteiger partial charge in [0.05, 0.1) is 23.7 Å². The molecule has 1 aromatic carbocycles. The first kappa shape index (κ1) is 23.1. The van der Waals surface area contributed by atoms with E-state index < -0.39 is 0 Å². The van der Waals surface area contributed by atoms with Crippen LogP contribution in [0.3, 0.4) is 0 Å². The van der Waals surface area contributed by atoms with Gasteiger partial charge in [-0.1, -0.05) is 12.1 Å². The summed E-state index contributed by atoms with van der Waals surface area (Å²) in [6.07, 6.45) is 4.99. The molecule has 1 aromatic heterocycles. The number of carbonyl (C=O) groups is 2. The molecule has 0 unspecified atom stereocenters. The minimum atomic E-state index is -0.292. The van der Waals surface area contributed by atoms with Crippen LogP contribution in [-0.4, -0.2) is 58.4 Å². The van der Waals surface area contributed by atoms with Crippen molar-refractivity contribution in [1.82, 2.24) is 14.9 Å². The molecule has 0 radical (unpaired) electrons. The molecular weight excluding hydrogens is 410 g/mol. The molecule has 168 valence electrons. The lowest BCUT2D eigenvalue weighted by molar-refractivity contribution is -0.134. The Labute approximate surface area is 185 Å². The van der Waals surface area contributed by atoms with Gasteiger partial charge in [-0.2, -0.15) is 0 Å². The third kappa shape index (κ3) is 5.75. The Kier molecular flexibility index (Phi) is 7.64. The maximum absolute atomic E-state index is 12.5. The van der Waals surface area contributed by atoms with E-state index in [9.17, 15) is 14.4 Å². The second-order valence-corrected chi connectivity index (χ2v) is 7.72. The summed E-state index contributed by atoms with van der Waals surface area (Å²) in [6, 6.07) is 7.15. The van der Waals surface area contributed by atoms with Crippen molar-refractivity contribution in [3.63, 3.8) is 0 Å². The van der Waals surface area contributed by atoms with Crippen LogP contribution >= 0.6 is 0 Å². The number of hydrogen-bond donors (Lipinski definition) is 3. The third-order valence-corrected chi connectivity index (χ3v) is 5.57. The zero-order valence-electron chi connectivity index (χ0n) is 18.0. The van der Waals surface area contributed by atoms with Gasteiger partial charge in [-0.25, -0.2) is 4.98 Å². The van der Waals surface area contributed by atoms with Crippen molar-refractivity contribution < 1.29 is 14.3 Å². The molecule has 2 heterocycles. The predicted molar refractivity (Wildman–Crippen MR) is 121 cm³/mol. The second-order valence-electron chi connectivity index (χ2n) is 7.72. The van der Waals surface area contributed by atoms with Crippen LogP contribution < -0.4 is 5.56 Å². The minimum Gasteiger partial charge on any atom is -0.481 e. The number of para-hydroxylation sites is 1. The van der Waals surface area contributed by atoms with Crippen LogP contribution in [0, 0.1) is 16.7 Å². The number of Topliss-reactive ketones (excluding diaryl/α,β-unsaturated/α-hetero) is 1. The van der Waals surface area contributed by atoms with Crippen molar-refractivity contribution in [3.8, 4) is 0 Å². The van der Waals surface area contributed by atoms with Crippen molar-refractivity contribution >= 4 is 34.2 Å². The molecule has 9 heteroatoms. The molecule has 1 saturated heterocycles. The quantitative estimate of drug-likeness (QED) is 0.429. The summed E-state index contributed by atoms with van der Waals surface area (Å²) in [4.78, 5) is 46.1. The molecule has 1 amide bonds. The topological polar surface area (TPSA) is 140 Å². The van der Waals surface area contributed by atoms with Crippen LogP contribution in [0.25, 0.3) is 10.9 Å². The fourth-order valence-corrected chi connectivity index (χ4v) is 3.74. The largest absolute Gasteiger partial charge is 0.481 e. The standard InChI is InChI=1S/C23H27N5O4/c1-32-19(25)10-9-17(24)22(30)15-11-13-28(14-12-15)21(29)8-4-7-20-26-18-6-3-2-5-16(18)23(31)27-20/h2-3,5-6,9-10,15,24-25H,4,7-8,11-14H2,1H3,(H,26,27,31). The number of amides is 1. The van der Waals surface area contributed by atoms with Crippen LogP contribution in [0.15, 0.2) is 41.2 Å². The normalized spacial score (nSPS) is 14.6. The number of aromatic amines is 1. The van der Waals surface area contributed by atoms with Gasteiger partial charge < -0.3 is 14.6 Å². The van der Waals surface area contributed by atoms with Crippen molar-refractivity contribution in [2.45, 2.75) is 32.1 Å². The summed E-state index contributed by atoms with van der Waals surface area (Å²) >= 11 is 0. The van der Waals surface area contributed by atoms with Crippen molar-refractivity contribution in [3.05, 3.63) is 52.6 Å². The summed E-state index contributed by atoms with van der Waals surface area (Å²) in [7, 11) is 1.35. The molecule has 1 aliphatic rings. The number of rotatable bonds is 8. The number of methoxy groups -OCH3 is 1. The molecule has 0 atom stereocenters. The Morgan fingerprint density at radius 1 is 1.22 bits per heavy atom. The highest BCUT2D eigenvalue weighted by Crippen LogP contribution is 2.20. The summed E-state index contributed by atoms with van der Waals surface area (Å²) in [5.74, 6) is -0.101. The van der Waals surface area contributed by atoms with Gasteiger partial charge in [0, 0.05) is 37.9 Å². The average molecular weight is 438 g/mol. The predicted octanol–water partition coefficient (Wildman–Crippen LogP) is 2.25. The molecule has 1 fully saturated rings. The number of allylic oxidation sites excluding steroid dienone is 1. The Hall–Kier alpha value is -3.62. The number of aryl methyl sites for hydroxylation is 1. The monoisotopic (exact) mass is 437 g/mol. The fraction of sp³-hybridized carbons (Fsp3) is 0.391. The van der Waals surface area contributed by atoms with E-state index in [0.29, 0.717) is 61.9 Å². The van der Waals surface area contributed by atoms with Crippen LogP contribution in [0.1, 0.15) is 31.5 Å². The van der Waals surface area contributed by atoms with E-state index in [2.05, 4.69) is 14.7 Å². The highest BCUT2D eigenvalue weighted by molar-refractivity contribution is 6.44. The van der Waals surface area contributed by atoms with Gasteiger partial charge >= 0.3 is 0 Å². The lowest BCUT2D eigenvalue weighted by Gasteiger charge is -2.31. The number of hydrogen-bond acceptors (Lipinski definition) is 7. The molecule has 3 rings (SSSR count). The number of benzene rings is 1. The number of H-pyrrole nitrogens is 1. The zero-order valence-corrected chi connectivity index (χ0v) is 18.0. The molecule has 0 aliphatic carbocycles. The molecular formula is C23H27N5O4. The SMILES string of the molecule is COC(=N)C=CC(=N)C(=O)C1CCN(C(=O)CCCc2nc3ccccc3c(=O)[nH]2)CC1. The van der Waals surface area contributed by atoms with E-state index in [1.807, 2.05) is 6.07 Å². The number of ether oxygens (including phenoxy) is 1. The van der Waals surface area contributed by atoms with Gasteiger partial charge in [0.15, 0.2) is 5.78 Å². The fourth-order valence-electron chi connectivity index (χ4n) is 3.74. The minimum absolute atomic E-state index is 0.0162. The van der Waals surface area contributed by atoms with Gasteiger partial charge in [0.2, 0.25) is 11.8 Å². The molecule has 0 bridgehead atoms. The summed E-state index contributed by atoms with van der Waals surface area (Å²) < 4.78 is 4.67. The lowest BCUT2D eigenvalue weighted by Crippen LogP contribution is -2.41. The molecule has 1 aliphatic heterocycles. The molecule has 2 aromatic rings. The third-order valence-electron chi connectivity index (χ3n) is 5.57. The average Bonchev–Trinajstić information content (AvgIpc) is 2.81. The van der Waals surface area contributed by atoms with Gasteiger partial charge in [0.25, 0.3) is 5.56 Å². The number of piperidine rings is 1. The van der Waals surface area contributed by atoms with Gasteiger partial charge in [-0.05, 0) is 37.5 Å². The number of nitrogens with one attached hydrogen (secondary N) is 3. The summed E-state index contributed by atoms with van der Waals surface area (Å²) in [5.41, 5.74) is 0.306. The number of ketones is 1. The van der Waals surface area contributed by atoms with Crippen LogP contribution in [0.5, 0.6) is 0 Å².